The highest BCUT2D eigenvalue weighted by Crippen LogP contribution is 2.28. The third kappa shape index (κ3) is 2.98. The predicted molar refractivity (Wildman–Crippen MR) is 49.4 cm³/mol. The molecule has 3 N–H and O–H groups in total. The summed E-state index contributed by atoms with van der Waals surface area (Å²) in [6, 6.07) is 0. The molecule has 72 valence electrons. The molecule has 4 atom stereocenters. The van der Waals surface area contributed by atoms with Gasteiger partial charge < -0.3 is 15.1 Å². The van der Waals surface area contributed by atoms with Crippen LogP contribution in [0.15, 0.2) is 0 Å². The molecule has 4 heteroatoms. The fraction of sp³-hybridized carbons (Fsp3) is 1.00. The van der Waals surface area contributed by atoms with Gasteiger partial charge in [0.2, 0.25) is 0 Å². The van der Waals surface area contributed by atoms with Crippen molar-refractivity contribution in [2.24, 2.45) is 5.92 Å². The summed E-state index contributed by atoms with van der Waals surface area (Å²) in [6.07, 6.45) is 3.17. The molecule has 0 aliphatic heterocycles. The molecule has 0 aromatic heterocycles. The highest BCUT2D eigenvalue weighted by Gasteiger charge is 2.26. The molecule has 1 saturated carbocycles. The average molecular weight is 192 g/mol. The normalized spacial score (nSPS) is 37.8. The van der Waals surface area contributed by atoms with E-state index in [1.165, 1.54) is 0 Å². The summed E-state index contributed by atoms with van der Waals surface area (Å²) in [5.41, 5.74) is 0. The summed E-state index contributed by atoms with van der Waals surface area (Å²) in [7, 11) is 0.0240. The zero-order valence-corrected chi connectivity index (χ0v) is 8.11. The topological polar surface area (TPSA) is 60.7 Å². The fourth-order valence-electron chi connectivity index (χ4n) is 1.75. The van der Waals surface area contributed by atoms with Crippen molar-refractivity contribution in [2.75, 3.05) is 6.16 Å². The van der Waals surface area contributed by atoms with Gasteiger partial charge in [-0.25, -0.2) is 0 Å². The maximum Gasteiger partial charge on any atom is 0.0801 e. The van der Waals surface area contributed by atoms with E-state index in [9.17, 15) is 10.2 Å². The van der Waals surface area contributed by atoms with Crippen LogP contribution in [-0.4, -0.2) is 33.5 Å². The Balaban J connectivity index is 2.21. The van der Waals surface area contributed by atoms with Crippen molar-refractivity contribution in [1.82, 2.24) is 0 Å². The quantitative estimate of drug-likeness (QED) is 0.570. The van der Waals surface area contributed by atoms with E-state index in [0.29, 0.717) is 18.8 Å². The van der Waals surface area contributed by atoms with Gasteiger partial charge in [-0.2, -0.15) is 0 Å². The van der Waals surface area contributed by atoms with Gasteiger partial charge in [-0.15, -0.1) is 0 Å². The van der Waals surface area contributed by atoms with E-state index in [1.54, 1.807) is 0 Å². The third-order valence-electron chi connectivity index (χ3n) is 2.55. The highest BCUT2D eigenvalue weighted by molar-refractivity contribution is 7.31. The molecular weight excluding hydrogens is 175 g/mol. The van der Waals surface area contributed by atoms with Gasteiger partial charge in [0.25, 0.3) is 0 Å². The Morgan fingerprint density at radius 1 is 1.17 bits per heavy atom. The zero-order valence-electron chi connectivity index (χ0n) is 7.11. The van der Waals surface area contributed by atoms with Crippen LogP contribution in [0.2, 0.25) is 0 Å². The summed E-state index contributed by atoms with van der Waals surface area (Å²) in [5.74, 6) is 0.503. The van der Waals surface area contributed by atoms with Gasteiger partial charge in [-0.1, -0.05) is 0 Å². The van der Waals surface area contributed by atoms with Crippen LogP contribution in [0.3, 0.4) is 0 Å². The number of hydrogen-bond donors (Lipinski definition) is 3. The molecule has 1 aliphatic rings. The molecule has 1 unspecified atom stereocenters. The molecule has 0 amide bonds. The van der Waals surface area contributed by atoms with E-state index < -0.39 is 12.2 Å². The molecule has 1 fully saturated rings. The van der Waals surface area contributed by atoms with E-state index in [1.807, 2.05) is 0 Å². The second-order valence-corrected chi connectivity index (χ2v) is 4.33. The first-order valence-corrected chi connectivity index (χ1v) is 5.62. The molecule has 0 radical (unpaired) electrons. The van der Waals surface area contributed by atoms with Crippen molar-refractivity contribution in [3.63, 3.8) is 0 Å². The lowest BCUT2D eigenvalue weighted by Gasteiger charge is -2.29. The Morgan fingerprint density at radius 2 is 1.92 bits per heavy atom. The third-order valence-corrected chi connectivity index (χ3v) is 3.07. The Morgan fingerprint density at radius 3 is 2.50 bits per heavy atom. The summed E-state index contributed by atoms with van der Waals surface area (Å²) in [4.78, 5) is 8.63. The zero-order chi connectivity index (χ0) is 8.97. The molecule has 0 aromatic rings. The van der Waals surface area contributed by atoms with Gasteiger partial charge in [0.1, 0.15) is 0 Å². The van der Waals surface area contributed by atoms with E-state index in [0.717, 1.165) is 19.0 Å². The van der Waals surface area contributed by atoms with Crippen LogP contribution in [-0.2, 0) is 0 Å². The second kappa shape index (κ2) is 5.13. The number of rotatable bonds is 3. The van der Waals surface area contributed by atoms with Crippen molar-refractivity contribution in [3.8, 4) is 0 Å². The van der Waals surface area contributed by atoms with Crippen LogP contribution in [0, 0.1) is 5.92 Å². The maximum atomic E-state index is 9.34. The highest BCUT2D eigenvalue weighted by atomic mass is 31.1. The summed E-state index contributed by atoms with van der Waals surface area (Å²) in [6.45, 7) is 0. The maximum absolute atomic E-state index is 9.34. The lowest BCUT2D eigenvalue weighted by molar-refractivity contribution is -0.0256. The van der Waals surface area contributed by atoms with Crippen molar-refractivity contribution < 1.29 is 15.1 Å². The SMILES string of the molecule is OPCC[C@H]1CC[C@@H](O)[C@@H](O)C1. The lowest BCUT2D eigenvalue weighted by Crippen LogP contribution is -2.33. The smallest absolute Gasteiger partial charge is 0.0801 e. The Hall–Kier alpha value is 0.310. The molecule has 0 heterocycles. The predicted octanol–water partition coefficient (Wildman–Crippen LogP) is 0.484. The molecule has 0 spiro atoms. The largest absolute Gasteiger partial charge is 0.390 e. The minimum absolute atomic E-state index is 0.0240. The van der Waals surface area contributed by atoms with Gasteiger partial charge in [0.15, 0.2) is 0 Å². The van der Waals surface area contributed by atoms with E-state index >= 15 is 0 Å². The Bertz CT molecular complexity index is 129. The lowest BCUT2D eigenvalue weighted by atomic mass is 9.84. The first-order chi connectivity index (χ1) is 5.74. The van der Waals surface area contributed by atoms with Crippen molar-refractivity contribution in [3.05, 3.63) is 0 Å². The van der Waals surface area contributed by atoms with Crippen LogP contribution in [0.4, 0.5) is 0 Å². The van der Waals surface area contributed by atoms with Crippen molar-refractivity contribution >= 4 is 8.81 Å². The van der Waals surface area contributed by atoms with E-state index in [4.69, 9.17) is 4.89 Å². The van der Waals surface area contributed by atoms with Gasteiger partial charge in [-0.05, 0) is 37.8 Å². The number of aliphatic hydroxyl groups is 2. The summed E-state index contributed by atoms with van der Waals surface area (Å²) < 4.78 is 0. The van der Waals surface area contributed by atoms with E-state index in [-0.39, 0.29) is 8.81 Å². The van der Waals surface area contributed by atoms with Crippen molar-refractivity contribution in [2.45, 2.75) is 37.9 Å². The van der Waals surface area contributed by atoms with Crippen LogP contribution in [0.5, 0.6) is 0 Å². The first kappa shape index (κ1) is 10.4. The first-order valence-electron chi connectivity index (χ1n) is 4.47. The van der Waals surface area contributed by atoms with Crippen LogP contribution in [0.25, 0.3) is 0 Å². The van der Waals surface area contributed by atoms with E-state index in [2.05, 4.69) is 0 Å². The molecule has 0 bridgehead atoms. The molecule has 1 aliphatic carbocycles. The Labute approximate surface area is 74.7 Å². The van der Waals surface area contributed by atoms with Crippen LogP contribution in [0.1, 0.15) is 25.7 Å². The van der Waals surface area contributed by atoms with Gasteiger partial charge in [0, 0.05) is 8.81 Å². The van der Waals surface area contributed by atoms with Gasteiger partial charge in [0.05, 0.1) is 12.2 Å². The van der Waals surface area contributed by atoms with Gasteiger partial charge >= 0.3 is 0 Å². The molecule has 12 heavy (non-hydrogen) atoms. The van der Waals surface area contributed by atoms with Crippen LogP contribution < -0.4 is 0 Å². The molecule has 1 rings (SSSR count). The Kier molecular flexibility index (Phi) is 4.44. The van der Waals surface area contributed by atoms with Gasteiger partial charge in [-0.3, -0.25) is 0 Å². The number of hydrogen-bond acceptors (Lipinski definition) is 3. The minimum atomic E-state index is -0.536. The molecule has 0 saturated heterocycles. The fourth-order valence-corrected chi connectivity index (χ4v) is 2.28. The summed E-state index contributed by atoms with van der Waals surface area (Å²) >= 11 is 0. The average Bonchev–Trinajstić information content (AvgIpc) is 2.07. The molecule has 0 aromatic carbocycles. The number of aliphatic hydroxyl groups excluding tert-OH is 2. The molecular formula is C8H17O3P. The molecule has 3 nitrogen and oxygen atoms in total. The van der Waals surface area contributed by atoms with Crippen LogP contribution >= 0.6 is 8.81 Å². The van der Waals surface area contributed by atoms with Crippen molar-refractivity contribution in [1.29, 1.82) is 0 Å². The monoisotopic (exact) mass is 192 g/mol. The summed E-state index contributed by atoms with van der Waals surface area (Å²) in [5, 5.41) is 18.6. The minimum Gasteiger partial charge on any atom is -0.390 e. The standard InChI is InChI=1S/C8H17O3P/c9-7-2-1-6(3-4-12-11)5-8(7)10/h6-12H,1-5H2/t6-,7-,8+/m1/s1. The second-order valence-electron chi connectivity index (χ2n) is 3.51.